The lowest BCUT2D eigenvalue weighted by atomic mass is 9.92. The molecule has 192 valence electrons. The molecule has 1 aliphatic rings. The Bertz CT molecular complexity index is 1260. The smallest absolute Gasteiger partial charge is 0.325 e. The van der Waals surface area contributed by atoms with Gasteiger partial charge in [0.25, 0.3) is 5.91 Å². The number of anilines is 1. The number of hydrogen-bond donors (Lipinski definition) is 2. The number of urea groups is 1. The highest BCUT2D eigenvalue weighted by molar-refractivity contribution is 6.10. The lowest BCUT2D eigenvalue weighted by Gasteiger charge is -2.22. The van der Waals surface area contributed by atoms with Gasteiger partial charge in [-0.3, -0.25) is 14.5 Å². The van der Waals surface area contributed by atoms with Gasteiger partial charge in [0.1, 0.15) is 17.8 Å². The molecule has 0 aromatic heterocycles. The molecule has 1 heterocycles. The van der Waals surface area contributed by atoms with Gasteiger partial charge in [-0.25, -0.2) is 4.79 Å². The molecule has 3 aromatic carbocycles. The van der Waals surface area contributed by atoms with E-state index in [1.807, 2.05) is 54.6 Å². The van der Waals surface area contributed by atoms with Crippen LogP contribution in [0, 0.1) is 5.92 Å². The molecule has 4 amide bonds. The Balaban J connectivity index is 1.41. The summed E-state index contributed by atoms with van der Waals surface area (Å²) >= 11 is 0. The quantitative estimate of drug-likeness (QED) is 0.380. The van der Waals surface area contributed by atoms with Gasteiger partial charge in [0.15, 0.2) is 0 Å². The highest BCUT2D eigenvalue weighted by atomic mass is 16.5. The number of hydrogen-bond acceptors (Lipinski definition) is 4. The van der Waals surface area contributed by atoms with Gasteiger partial charge in [-0.1, -0.05) is 74.5 Å². The first-order valence-corrected chi connectivity index (χ1v) is 12.6. The molecule has 1 fully saturated rings. The van der Waals surface area contributed by atoms with E-state index in [-0.39, 0.29) is 6.54 Å². The highest BCUT2D eigenvalue weighted by Gasteiger charge is 2.49. The molecule has 2 N–H and O–H groups in total. The van der Waals surface area contributed by atoms with Crippen LogP contribution in [0.15, 0.2) is 78.9 Å². The fourth-order valence-electron chi connectivity index (χ4n) is 4.28. The van der Waals surface area contributed by atoms with Crippen LogP contribution < -0.4 is 15.4 Å². The minimum absolute atomic E-state index is 0.379. The van der Waals surface area contributed by atoms with Gasteiger partial charge in [-0.15, -0.1) is 0 Å². The molecule has 0 unspecified atom stereocenters. The Morgan fingerprint density at radius 3 is 2.35 bits per heavy atom. The van der Waals surface area contributed by atoms with Gasteiger partial charge in [0.2, 0.25) is 5.91 Å². The van der Waals surface area contributed by atoms with Crippen molar-refractivity contribution in [3.63, 3.8) is 0 Å². The maximum Gasteiger partial charge on any atom is 0.325 e. The van der Waals surface area contributed by atoms with Crippen LogP contribution in [-0.4, -0.2) is 35.9 Å². The van der Waals surface area contributed by atoms with Crippen molar-refractivity contribution in [1.82, 2.24) is 10.2 Å². The third-order valence-corrected chi connectivity index (χ3v) is 6.50. The zero-order valence-corrected chi connectivity index (χ0v) is 21.5. The molecule has 7 nitrogen and oxygen atoms in total. The van der Waals surface area contributed by atoms with Crippen molar-refractivity contribution in [2.24, 2.45) is 5.92 Å². The van der Waals surface area contributed by atoms with E-state index in [1.54, 1.807) is 31.2 Å². The van der Waals surface area contributed by atoms with E-state index in [9.17, 15) is 14.4 Å². The molecular weight excluding hydrogens is 466 g/mol. The van der Waals surface area contributed by atoms with Crippen LogP contribution in [0.1, 0.15) is 43.9 Å². The normalized spacial score (nSPS) is 17.1. The number of imide groups is 1. The molecule has 0 bridgehead atoms. The molecule has 0 spiro atoms. The summed E-state index contributed by atoms with van der Waals surface area (Å²) < 4.78 is 5.76. The van der Waals surface area contributed by atoms with E-state index in [0.29, 0.717) is 35.9 Å². The van der Waals surface area contributed by atoms with Crippen LogP contribution in [0.3, 0.4) is 0 Å². The van der Waals surface area contributed by atoms with E-state index < -0.39 is 23.4 Å². The molecule has 0 radical (unpaired) electrons. The first kappa shape index (κ1) is 25.9. The second-order valence-corrected chi connectivity index (χ2v) is 9.87. The Hall–Kier alpha value is -4.13. The predicted molar refractivity (Wildman–Crippen MR) is 143 cm³/mol. The number of carbonyl (C=O) groups excluding carboxylic acids is 3. The minimum atomic E-state index is -1.26. The molecule has 0 aliphatic carbocycles. The van der Waals surface area contributed by atoms with Crippen molar-refractivity contribution in [3.05, 3.63) is 95.6 Å². The SMILES string of the molecule is CC(C)CCOc1ccc([C@@]2(C)NC(=O)N(CC(=O)Nc3ccccc3Cc3ccccc3)C2=O)cc1. The highest BCUT2D eigenvalue weighted by Crippen LogP contribution is 2.30. The van der Waals surface area contributed by atoms with Crippen molar-refractivity contribution in [1.29, 1.82) is 0 Å². The first-order valence-electron chi connectivity index (χ1n) is 12.6. The predicted octanol–water partition coefficient (Wildman–Crippen LogP) is 5.11. The topological polar surface area (TPSA) is 87.7 Å². The Labute approximate surface area is 217 Å². The summed E-state index contributed by atoms with van der Waals surface area (Å²) in [6, 6.07) is 24.0. The fourth-order valence-corrected chi connectivity index (χ4v) is 4.28. The number of carbonyl (C=O) groups is 3. The van der Waals surface area contributed by atoms with Gasteiger partial charge < -0.3 is 15.4 Å². The van der Waals surface area contributed by atoms with E-state index in [0.717, 1.165) is 22.4 Å². The molecule has 4 rings (SSSR count). The van der Waals surface area contributed by atoms with Crippen molar-refractivity contribution >= 4 is 23.5 Å². The molecule has 0 saturated carbocycles. The van der Waals surface area contributed by atoms with Crippen LogP contribution in [0.5, 0.6) is 5.75 Å². The molecule has 37 heavy (non-hydrogen) atoms. The Kier molecular flexibility index (Phi) is 7.92. The number of amides is 4. The summed E-state index contributed by atoms with van der Waals surface area (Å²) in [7, 11) is 0. The number of benzene rings is 3. The maximum atomic E-state index is 13.3. The average molecular weight is 500 g/mol. The van der Waals surface area contributed by atoms with Crippen LogP contribution in [0.4, 0.5) is 10.5 Å². The summed E-state index contributed by atoms with van der Waals surface area (Å²) in [5.74, 6) is 0.334. The number of rotatable bonds is 10. The number of ether oxygens (including phenoxy) is 1. The Morgan fingerprint density at radius 1 is 0.973 bits per heavy atom. The van der Waals surface area contributed by atoms with Gasteiger partial charge in [-0.2, -0.15) is 0 Å². The third-order valence-electron chi connectivity index (χ3n) is 6.50. The van der Waals surface area contributed by atoms with E-state index in [4.69, 9.17) is 4.74 Å². The van der Waals surface area contributed by atoms with Crippen molar-refractivity contribution in [2.45, 2.75) is 39.2 Å². The van der Waals surface area contributed by atoms with Crippen LogP contribution in [0.2, 0.25) is 0 Å². The summed E-state index contributed by atoms with van der Waals surface area (Å²) in [4.78, 5) is 39.9. The van der Waals surface area contributed by atoms with Crippen LogP contribution in [0.25, 0.3) is 0 Å². The standard InChI is InChI=1S/C30H33N3O4/c1-21(2)17-18-37-25-15-13-24(14-16-25)30(3)28(35)33(29(36)32-30)20-27(34)31-26-12-8-7-11-23(26)19-22-9-5-4-6-10-22/h4-16,21H,17-20H2,1-3H3,(H,31,34)(H,32,36)/t30-/m1/s1. The number of para-hydroxylation sites is 1. The Morgan fingerprint density at radius 2 is 1.65 bits per heavy atom. The van der Waals surface area contributed by atoms with Crippen molar-refractivity contribution < 1.29 is 19.1 Å². The second-order valence-electron chi connectivity index (χ2n) is 9.87. The van der Waals surface area contributed by atoms with E-state index in [2.05, 4.69) is 24.5 Å². The summed E-state index contributed by atoms with van der Waals surface area (Å²) in [6.07, 6.45) is 1.59. The molecule has 1 saturated heterocycles. The largest absolute Gasteiger partial charge is 0.494 e. The summed E-state index contributed by atoms with van der Waals surface area (Å²) in [5.41, 5.74) is 2.07. The summed E-state index contributed by atoms with van der Waals surface area (Å²) in [5, 5.41) is 5.63. The fraction of sp³-hybridized carbons (Fsp3) is 0.300. The van der Waals surface area contributed by atoms with E-state index >= 15 is 0 Å². The van der Waals surface area contributed by atoms with Gasteiger partial charge in [0, 0.05) is 5.69 Å². The van der Waals surface area contributed by atoms with Crippen LogP contribution in [-0.2, 0) is 21.5 Å². The number of nitrogens with zero attached hydrogens (tertiary/aromatic N) is 1. The summed E-state index contributed by atoms with van der Waals surface area (Å²) in [6.45, 7) is 6.15. The maximum absolute atomic E-state index is 13.3. The minimum Gasteiger partial charge on any atom is -0.494 e. The lowest BCUT2D eigenvalue weighted by Crippen LogP contribution is -2.42. The van der Waals surface area contributed by atoms with Gasteiger partial charge in [-0.05, 0) is 60.6 Å². The molecule has 1 aliphatic heterocycles. The zero-order chi connectivity index (χ0) is 26.4. The lowest BCUT2D eigenvalue weighted by molar-refractivity contribution is -0.133. The van der Waals surface area contributed by atoms with Gasteiger partial charge >= 0.3 is 6.03 Å². The van der Waals surface area contributed by atoms with Crippen LogP contribution >= 0.6 is 0 Å². The third kappa shape index (κ3) is 6.17. The van der Waals surface area contributed by atoms with E-state index in [1.165, 1.54) is 0 Å². The molecular formula is C30H33N3O4. The number of nitrogens with one attached hydrogen (secondary N) is 2. The zero-order valence-electron chi connectivity index (χ0n) is 21.5. The first-order chi connectivity index (χ1) is 17.8. The monoisotopic (exact) mass is 499 g/mol. The second kappa shape index (κ2) is 11.3. The van der Waals surface area contributed by atoms with Gasteiger partial charge in [0.05, 0.1) is 6.61 Å². The average Bonchev–Trinajstić information content (AvgIpc) is 3.09. The molecule has 7 heteroatoms. The molecule has 1 atom stereocenters. The van der Waals surface area contributed by atoms with Crippen molar-refractivity contribution in [2.75, 3.05) is 18.5 Å². The molecule has 3 aromatic rings. The van der Waals surface area contributed by atoms with Crippen molar-refractivity contribution in [3.8, 4) is 5.75 Å².